The van der Waals surface area contributed by atoms with Crippen molar-refractivity contribution in [1.82, 2.24) is 20.3 Å². The van der Waals surface area contributed by atoms with E-state index in [-0.39, 0.29) is 25.6 Å². The van der Waals surface area contributed by atoms with Gasteiger partial charge in [0.25, 0.3) is 5.91 Å². The number of nitrogens with one attached hydrogen (secondary N) is 1. The Labute approximate surface area is 180 Å². The van der Waals surface area contributed by atoms with Gasteiger partial charge in [0.15, 0.2) is 0 Å². The number of piperidine rings is 1. The topological polar surface area (TPSA) is 155 Å². The number of hydrogen-bond donors (Lipinski definition) is 2. The monoisotopic (exact) mass is 464 g/mol. The van der Waals surface area contributed by atoms with Crippen LogP contribution in [0.25, 0.3) is 0 Å². The van der Waals surface area contributed by atoms with E-state index in [1.54, 1.807) is 25.7 Å². The van der Waals surface area contributed by atoms with Gasteiger partial charge in [-0.2, -0.15) is 13.5 Å². The Hall–Kier alpha value is -2.16. The maximum absolute atomic E-state index is 12.5. The highest BCUT2D eigenvalue weighted by Gasteiger charge is 2.49. The molecule has 3 atom stereocenters. The molecule has 3 aliphatic rings. The second kappa shape index (κ2) is 8.76. The normalized spacial score (nSPS) is 26.4. The average molecular weight is 464 g/mol. The first kappa shape index (κ1) is 23.5. The van der Waals surface area contributed by atoms with Crippen LogP contribution in [0.1, 0.15) is 46.5 Å². The highest BCUT2D eigenvalue weighted by Crippen LogP contribution is 2.30. The molecule has 2 bridgehead atoms. The minimum absolute atomic E-state index is 0.0618. The summed E-state index contributed by atoms with van der Waals surface area (Å²) in [5.74, 6) is -0.567. The van der Waals surface area contributed by atoms with Gasteiger partial charge in [0.1, 0.15) is 11.6 Å². The molecule has 14 heteroatoms. The van der Waals surface area contributed by atoms with Crippen LogP contribution in [0, 0.1) is 0 Å². The summed E-state index contributed by atoms with van der Waals surface area (Å²) in [6, 6.07) is -2.53. The van der Waals surface area contributed by atoms with E-state index in [1.165, 1.54) is 4.90 Å². The smallest absolute Gasteiger partial charge is 0.418 e. The number of carbonyl (C=O) groups is 3. The Morgan fingerprint density at radius 2 is 1.94 bits per heavy atom. The van der Waals surface area contributed by atoms with Crippen molar-refractivity contribution in [2.75, 3.05) is 19.7 Å². The lowest BCUT2D eigenvalue weighted by molar-refractivity contribution is -0.140. The SMILES string of the molecule is CC(C)(C)OC(=O)N1CCCC1CONC(=O)[C@@H]1CC[C@@H]2CN1C(=O)N2OS(=O)(=O)O. The van der Waals surface area contributed by atoms with Crippen LogP contribution in [0.5, 0.6) is 0 Å². The third-order valence-electron chi connectivity index (χ3n) is 5.25. The van der Waals surface area contributed by atoms with E-state index in [1.807, 2.05) is 0 Å². The summed E-state index contributed by atoms with van der Waals surface area (Å²) in [4.78, 5) is 45.3. The van der Waals surface area contributed by atoms with Gasteiger partial charge in [0.2, 0.25) is 0 Å². The predicted molar refractivity (Wildman–Crippen MR) is 103 cm³/mol. The summed E-state index contributed by atoms with van der Waals surface area (Å²) in [7, 11) is -4.85. The van der Waals surface area contributed by atoms with Gasteiger partial charge in [-0.25, -0.2) is 15.1 Å². The molecule has 3 saturated heterocycles. The Bertz CT molecular complexity index is 828. The zero-order valence-electron chi connectivity index (χ0n) is 17.6. The fourth-order valence-electron chi connectivity index (χ4n) is 3.95. The summed E-state index contributed by atoms with van der Waals surface area (Å²) in [6.45, 7) is 6.02. The number of nitrogens with zero attached hydrogens (tertiary/aromatic N) is 3. The van der Waals surface area contributed by atoms with E-state index in [2.05, 4.69) is 9.76 Å². The molecule has 0 radical (unpaired) electrons. The number of urea groups is 1. The molecular formula is C17H28N4O9S. The lowest BCUT2D eigenvalue weighted by Crippen LogP contribution is -2.50. The molecule has 0 aromatic carbocycles. The minimum Gasteiger partial charge on any atom is -0.444 e. The second-order valence-electron chi connectivity index (χ2n) is 8.76. The van der Waals surface area contributed by atoms with E-state index in [9.17, 15) is 22.8 Å². The lowest BCUT2D eigenvalue weighted by atomic mass is 10.0. The fraction of sp³-hybridized carbons (Fsp3) is 0.824. The van der Waals surface area contributed by atoms with Crippen LogP contribution in [-0.2, 0) is 29.1 Å². The third-order valence-corrected chi connectivity index (χ3v) is 5.60. The van der Waals surface area contributed by atoms with Gasteiger partial charge in [-0.3, -0.25) is 14.2 Å². The van der Waals surface area contributed by atoms with E-state index < -0.39 is 46.1 Å². The van der Waals surface area contributed by atoms with Crippen LogP contribution < -0.4 is 5.48 Å². The summed E-state index contributed by atoms with van der Waals surface area (Å²) in [6.07, 6.45) is 1.63. The number of fused-ring (bicyclic) bond motifs is 2. The highest BCUT2D eigenvalue weighted by atomic mass is 32.3. The van der Waals surface area contributed by atoms with E-state index in [0.29, 0.717) is 24.4 Å². The molecule has 3 aliphatic heterocycles. The molecule has 1 unspecified atom stereocenters. The van der Waals surface area contributed by atoms with Crippen molar-refractivity contribution >= 4 is 28.4 Å². The number of amides is 4. The fourth-order valence-corrected chi connectivity index (χ4v) is 4.34. The maximum Gasteiger partial charge on any atom is 0.418 e. The van der Waals surface area contributed by atoms with Gasteiger partial charge in [0, 0.05) is 13.1 Å². The van der Waals surface area contributed by atoms with Crippen LogP contribution >= 0.6 is 0 Å². The van der Waals surface area contributed by atoms with Crippen molar-refractivity contribution in [1.29, 1.82) is 0 Å². The number of hydrogen-bond acceptors (Lipinski definition) is 8. The molecule has 3 rings (SSSR count). The van der Waals surface area contributed by atoms with Crippen molar-refractivity contribution in [2.24, 2.45) is 0 Å². The second-order valence-corrected chi connectivity index (χ2v) is 9.76. The van der Waals surface area contributed by atoms with Gasteiger partial charge in [-0.05, 0) is 46.5 Å². The molecule has 13 nitrogen and oxygen atoms in total. The molecule has 0 aromatic heterocycles. The zero-order valence-corrected chi connectivity index (χ0v) is 18.5. The first-order valence-electron chi connectivity index (χ1n) is 10.0. The molecule has 176 valence electrons. The number of ether oxygens (including phenoxy) is 1. The molecular weight excluding hydrogens is 436 g/mol. The third kappa shape index (κ3) is 5.75. The van der Waals surface area contributed by atoms with Crippen LogP contribution in [0.3, 0.4) is 0 Å². The number of carbonyl (C=O) groups excluding carboxylic acids is 3. The van der Waals surface area contributed by atoms with Crippen molar-refractivity contribution in [2.45, 2.75) is 70.2 Å². The minimum atomic E-state index is -4.85. The average Bonchev–Trinajstić information content (AvgIpc) is 3.19. The largest absolute Gasteiger partial charge is 0.444 e. The van der Waals surface area contributed by atoms with Crippen LogP contribution in [0.4, 0.5) is 9.59 Å². The zero-order chi connectivity index (χ0) is 23.0. The van der Waals surface area contributed by atoms with Gasteiger partial charge in [0.05, 0.1) is 18.7 Å². The Kier molecular flexibility index (Phi) is 6.64. The number of rotatable bonds is 6. The Balaban J connectivity index is 1.50. The lowest BCUT2D eigenvalue weighted by Gasteiger charge is -2.30. The number of likely N-dealkylation sites (tertiary alicyclic amines) is 1. The Morgan fingerprint density at radius 3 is 2.58 bits per heavy atom. The highest BCUT2D eigenvalue weighted by molar-refractivity contribution is 7.80. The molecule has 3 heterocycles. The Morgan fingerprint density at radius 1 is 1.23 bits per heavy atom. The molecule has 0 aliphatic carbocycles. The first-order chi connectivity index (χ1) is 14.4. The quantitative estimate of drug-likeness (QED) is 0.421. The predicted octanol–water partition coefficient (Wildman–Crippen LogP) is 0.437. The standard InChI is InChI=1S/C17H28N4O9S/c1-17(2,3)29-16(24)19-8-4-5-12(19)10-28-18-14(22)13-7-6-11-9-20(13)15(23)21(11)30-31(25,26)27/h11-13H,4-10H2,1-3H3,(H,18,22)(H,25,26,27)/t11-,12?,13+/m1/s1. The van der Waals surface area contributed by atoms with Crippen molar-refractivity contribution in [3.05, 3.63) is 0 Å². The molecule has 4 amide bonds. The molecule has 3 fully saturated rings. The summed E-state index contributed by atoms with van der Waals surface area (Å²) in [5.41, 5.74) is 1.70. The van der Waals surface area contributed by atoms with Gasteiger partial charge < -0.3 is 14.5 Å². The van der Waals surface area contributed by atoms with Crippen molar-refractivity contribution < 1.29 is 41.2 Å². The van der Waals surface area contributed by atoms with Crippen molar-refractivity contribution in [3.8, 4) is 0 Å². The van der Waals surface area contributed by atoms with Gasteiger partial charge >= 0.3 is 22.5 Å². The van der Waals surface area contributed by atoms with Crippen LogP contribution in [0.15, 0.2) is 0 Å². The molecule has 0 spiro atoms. The van der Waals surface area contributed by atoms with Crippen molar-refractivity contribution in [3.63, 3.8) is 0 Å². The first-order valence-corrected chi connectivity index (χ1v) is 11.4. The molecule has 0 saturated carbocycles. The van der Waals surface area contributed by atoms with Gasteiger partial charge in [-0.15, -0.1) is 4.28 Å². The molecule has 2 N–H and O–H groups in total. The van der Waals surface area contributed by atoms with Crippen LogP contribution in [0.2, 0.25) is 0 Å². The van der Waals surface area contributed by atoms with Crippen LogP contribution in [-0.4, -0.2) is 89.3 Å². The van der Waals surface area contributed by atoms with E-state index >= 15 is 0 Å². The summed E-state index contributed by atoms with van der Waals surface area (Å²) < 4.78 is 40.4. The summed E-state index contributed by atoms with van der Waals surface area (Å²) >= 11 is 0. The van der Waals surface area contributed by atoms with E-state index in [0.717, 1.165) is 6.42 Å². The maximum atomic E-state index is 12.5. The van der Waals surface area contributed by atoms with Gasteiger partial charge in [-0.1, -0.05) is 0 Å². The number of hydroxylamine groups is 3. The molecule has 0 aromatic rings. The van der Waals surface area contributed by atoms with E-state index in [4.69, 9.17) is 14.1 Å². The molecule has 31 heavy (non-hydrogen) atoms. The summed E-state index contributed by atoms with van der Waals surface area (Å²) in [5, 5.41) is 0.570.